The number of nitriles is 1. The van der Waals surface area contributed by atoms with Crippen LogP contribution in [0.2, 0.25) is 0 Å². The smallest absolute Gasteiger partial charge is 0.257 e. The minimum Gasteiger partial charge on any atom is -0.266 e. The number of hydrogen-bond donors (Lipinski definition) is 2. The van der Waals surface area contributed by atoms with Crippen molar-refractivity contribution < 1.29 is 8.42 Å². The molecular formula is C8H12N4O2S. The van der Waals surface area contributed by atoms with Crippen LogP contribution in [0.3, 0.4) is 0 Å². The summed E-state index contributed by atoms with van der Waals surface area (Å²) in [7, 11) is -3.57. The van der Waals surface area contributed by atoms with Gasteiger partial charge in [-0.1, -0.05) is 6.92 Å². The van der Waals surface area contributed by atoms with E-state index in [1.165, 1.54) is 12.3 Å². The van der Waals surface area contributed by atoms with Gasteiger partial charge in [0, 0.05) is 6.04 Å². The summed E-state index contributed by atoms with van der Waals surface area (Å²) in [4.78, 5) is 0. The summed E-state index contributed by atoms with van der Waals surface area (Å²) in [6.45, 7) is 1.82. The van der Waals surface area contributed by atoms with Gasteiger partial charge in [-0.3, -0.25) is 5.10 Å². The van der Waals surface area contributed by atoms with Crippen molar-refractivity contribution in [1.29, 1.82) is 5.26 Å². The molecule has 1 heterocycles. The van der Waals surface area contributed by atoms with E-state index in [0.717, 1.165) is 0 Å². The van der Waals surface area contributed by atoms with Crippen LogP contribution in [-0.4, -0.2) is 24.7 Å². The lowest BCUT2D eigenvalue weighted by molar-refractivity contribution is 0.540. The zero-order chi connectivity index (χ0) is 11.3. The molecule has 0 amide bonds. The standard InChI is InChI=1S/C8H12N4O2S/c1-2-7(3-5-9)12-15(13,14)8-4-6-10-11-8/h4,6-7,12H,2-3H2,1H3,(H,10,11). The van der Waals surface area contributed by atoms with Gasteiger partial charge in [0.15, 0.2) is 5.03 Å². The van der Waals surface area contributed by atoms with Crippen LogP contribution >= 0.6 is 0 Å². The lowest BCUT2D eigenvalue weighted by Gasteiger charge is -2.12. The number of aromatic nitrogens is 2. The van der Waals surface area contributed by atoms with Crippen LogP contribution in [0.4, 0.5) is 0 Å². The molecule has 0 radical (unpaired) electrons. The van der Waals surface area contributed by atoms with Gasteiger partial charge < -0.3 is 0 Å². The summed E-state index contributed by atoms with van der Waals surface area (Å²) in [6.07, 6.45) is 2.09. The molecule has 6 nitrogen and oxygen atoms in total. The van der Waals surface area contributed by atoms with Crippen LogP contribution in [-0.2, 0) is 10.0 Å². The third-order valence-electron chi connectivity index (χ3n) is 1.92. The summed E-state index contributed by atoms with van der Waals surface area (Å²) < 4.78 is 25.7. The Kier molecular flexibility index (Phi) is 3.82. The Balaban J connectivity index is 2.77. The summed E-state index contributed by atoms with van der Waals surface area (Å²) in [6, 6.07) is 2.94. The van der Waals surface area contributed by atoms with Crippen molar-refractivity contribution in [1.82, 2.24) is 14.9 Å². The average molecular weight is 228 g/mol. The molecule has 82 valence electrons. The molecular weight excluding hydrogens is 216 g/mol. The third kappa shape index (κ3) is 3.04. The molecule has 7 heteroatoms. The van der Waals surface area contributed by atoms with Crippen LogP contribution in [0.15, 0.2) is 17.3 Å². The Morgan fingerprint density at radius 3 is 2.93 bits per heavy atom. The third-order valence-corrected chi connectivity index (χ3v) is 3.37. The second-order valence-electron chi connectivity index (χ2n) is 3.01. The minimum absolute atomic E-state index is 0.0129. The number of hydrogen-bond acceptors (Lipinski definition) is 4. The maximum Gasteiger partial charge on any atom is 0.257 e. The highest BCUT2D eigenvalue weighted by Gasteiger charge is 2.19. The molecule has 1 atom stereocenters. The summed E-state index contributed by atoms with van der Waals surface area (Å²) in [5, 5.41) is 14.4. The van der Waals surface area contributed by atoms with Crippen LogP contribution in [0, 0.1) is 11.3 Å². The van der Waals surface area contributed by atoms with Gasteiger partial charge in [0.2, 0.25) is 0 Å². The summed E-state index contributed by atoms with van der Waals surface area (Å²) in [5.41, 5.74) is 0. The van der Waals surface area contributed by atoms with E-state index in [1.54, 1.807) is 0 Å². The number of nitrogens with zero attached hydrogens (tertiary/aromatic N) is 2. The predicted molar refractivity (Wildman–Crippen MR) is 53.2 cm³/mol. The highest BCUT2D eigenvalue weighted by atomic mass is 32.2. The van der Waals surface area contributed by atoms with Crippen molar-refractivity contribution >= 4 is 10.0 Å². The maximum atomic E-state index is 11.6. The summed E-state index contributed by atoms with van der Waals surface area (Å²) >= 11 is 0. The van der Waals surface area contributed by atoms with E-state index in [0.29, 0.717) is 6.42 Å². The molecule has 1 unspecified atom stereocenters. The van der Waals surface area contributed by atoms with E-state index in [2.05, 4.69) is 14.9 Å². The van der Waals surface area contributed by atoms with Crippen molar-refractivity contribution in [3.8, 4) is 6.07 Å². The normalized spacial score (nSPS) is 13.3. The number of nitrogens with one attached hydrogen (secondary N) is 2. The van der Waals surface area contributed by atoms with Gasteiger partial charge in [0.1, 0.15) is 0 Å². The molecule has 0 saturated heterocycles. The number of H-pyrrole nitrogens is 1. The molecule has 1 rings (SSSR count). The second-order valence-corrected chi connectivity index (χ2v) is 4.69. The Hall–Kier alpha value is -1.39. The first-order valence-corrected chi connectivity index (χ1v) is 5.97. The molecule has 0 aliphatic carbocycles. The number of rotatable bonds is 5. The summed E-state index contributed by atoms with van der Waals surface area (Å²) in [5.74, 6) is 0. The van der Waals surface area contributed by atoms with Crippen molar-refractivity contribution in [3.63, 3.8) is 0 Å². The first kappa shape index (κ1) is 11.7. The van der Waals surface area contributed by atoms with Gasteiger partial charge in [-0.2, -0.15) is 10.4 Å². The topological polar surface area (TPSA) is 98.6 Å². The SMILES string of the molecule is CCC(CC#N)NS(=O)(=O)c1ccn[nH]1. The molecule has 0 spiro atoms. The molecule has 0 aliphatic rings. The van der Waals surface area contributed by atoms with E-state index in [1.807, 2.05) is 13.0 Å². The highest BCUT2D eigenvalue weighted by molar-refractivity contribution is 7.89. The Bertz CT molecular complexity index is 432. The van der Waals surface area contributed by atoms with Crippen LogP contribution in [0.5, 0.6) is 0 Å². The molecule has 15 heavy (non-hydrogen) atoms. The van der Waals surface area contributed by atoms with Crippen molar-refractivity contribution in [3.05, 3.63) is 12.3 Å². The van der Waals surface area contributed by atoms with Crippen LogP contribution < -0.4 is 4.72 Å². The average Bonchev–Trinajstić information content (AvgIpc) is 2.70. The largest absolute Gasteiger partial charge is 0.266 e. The Labute approximate surface area is 88.4 Å². The molecule has 1 aromatic heterocycles. The van der Waals surface area contributed by atoms with Crippen molar-refractivity contribution in [2.24, 2.45) is 0 Å². The molecule has 1 aromatic rings. The van der Waals surface area contributed by atoms with Gasteiger partial charge in [-0.25, -0.2) is 13.1 Å². The molecule has 0 fully saturated rings. The van der Waals surface area contributed by atoms with Gasteiger partial charge >= 0.3 is 0 Å². The Morgan fingerprint density at radius 1 is 1.73 bits per heavy atom. The van der Waals surface area contributed by atoms with E-state index >= 15 is 0 Å². The number of aromatic amines is 1. The van der Waals surface area contributed by atoms with E-state index in [-0.39, 0.29) is 17.5 Å². The second kappa shape index (κ2) is 4.91. The molecule has 0 saturated carbocycles. The Morgan fingerprint density at radius 2 is 2.47 bits per heavy atom. The predicted octanol–water partition coefficient (Wildman–Crippen LogP) is 0.380. The minimum atomic E-state index is -3.57. The number of sulfonamides is 1. The molecule has 0 aliphatic heterocycles. The van der Waals surface area contributed by atoms with Gasteiger partial charge in [-0.15, -0.1) is 0 Å². The first-order chi connectivity index (χ1) is 7.10. The zero-order valence-corrected chi connectivity index (χ0v) is 9.08. The maximum absolute atomic E-state index is 11.6. The first-order valence-electron chi connectivity index (χ1n) is 4.48. The lowest BCUT2D eigenvalue weighted by atomic mass is 10.2. The van der Waals surface area contributed by atoms with E-state index in [4.69, 9.17) is 5.26 Å². The van der Waals surface area contributed by atoms with Crippen molar-refractivity contribution in [2.45, 2.75) is 30.8 Å². The van der Waals surface area contributed by atoms with E-state index in [9.17, 15) is 8.42 Å². The molecule has 0 bridgehead atoms. The van der Waals surface area contributed by atoms with Gasteiger partial charge in [0.05, 0.1) is 18.7 Å². The molecule has 0 aromatic carbocycles. The zero-order valence-electron chi connectivity index (χ0n) is 8.27. The van der Waals surface area contributed by atoms with Crippen molar-refractivity contribution in [2.75, 3.05) is 0 Å². The quantitative estimate of drug-likeness (QED) is 0.761. The van der Waals surface area contributed by atoms with Crippen LogP contribution in [0.1, 0.15) is 19.8 Å². The van der Waals surface area contributed by atoms with Crippen LogP contribution in [0.25, 0.3) is 0 Å². The van der Waals surface area contributed by atoms with Gasteiger partial charge in [0.25, 0.3) is 10.0 Å². The fourth-order valence-electron chi connectivity index (χ4n) is 1.06. The monoisotopic (exact) mass is 228 g/mol. The highest BCUT2D eigenvalue weighted by Crippen LogP contribution is 2.06. The fraction of sp³-hybridized carbons (Fsp3) is 0.500. The molecule has 2 N–H and O–H groups in total. The lowest BCUT2D eigenvalue weighted by Crippen LogP contribution is -2.34. The fourth-order valence-corrected chi connectivity index (χ4v) is 2.28. The van der Waals surface area contributed by atoms with Gasteiger partial charge in [-0.05, 0) is 12.5 Å². The van der Waals surface area contributed by atoms with E-state index < -0.39 is 10.0 Å².